The van der Waals surface area contributed by atoms with Gasteiger partial charge in [-0.3, -0.25) is 13.9 Å². The van der Waals surface area contributed by atoms with Crippen molar-refractivity contribution in [3.8, 4) is 28.0 Å². The van der Waals surface area contributed by atoms with E-state index in [9.17, 15) is 9.59 Å². The fourth-order valence-corrected chi connectivity index (χ4v) is 6.91. The minimum atomic E-state index is -0.436. The Morgan fingerprint density at radius 1 is 0.574 bits per heavy atom. The molecule has 0 saturated carbocycles. The van der Waals surface area contributed by atoms with Crippen LogP contribution in [-0.4, -0.2) is 26.0 Å². The lowest BCUT2D eigenvalue weighted by molar-refractivity contribution is 0.414. The monoisotopic (exact) mass is 709 g/mol. The van der Waals surface area contributed by atoms with E-state index < -0.39 is 11.2 Å². The molecule has 0 saturated heterocycles. The highest BCUT2D eigenvalue weighted by atomic mass is 16.5. The van der Waals surface area contributed by atoms with Gasteiger partial charge in [0.05, 0.1) is 20.2 Å². The summed E-state index contributed by atoms with van der Waals surface area (Å²) in [6, 6.07) is 55.1. The van der Waals surface area contributed by atoms with Crippen molar-refractivity contribution in [2.75, 3.05) is 12.0 Å². The van der Waals surface area contributed by atoms with E-state index >= 15 is 0 Å². The van der Waals surface area contributed by atoms with E-state index in [1.807, 2.05) is 95.7 Å². The van der Waals surface area contributed by atoms with Crippen molar-refractivity contribution in [2.45, 2.75) is 19.6 Å². The highest BCUT2D eigenvalue weighted by molar-refractivity contribution is 5.90. The normalized spacial score (nSPS) is 11.1. The zero-order valence-electron chi connectivity index (χ0n) is 30.2. The Balaban J connectivity index is 1.29. The Morgan fingerprint density at radius 2 is 1.06 bits per heavy atom. The van der Waals surface area contributed by atoms with Crippen molar-refractivity contribution in [1.29, 1.82) is 0 Å². The molecule has 8 heteroatoms. The van der Waals surface area contributed by atoms with Crippen molar-refractivity contribution in [3.05, 3.63) is 201 Å². The molecule has 8 aromatic rings. The number of aromatic nitrogens is 4. The summed E-state index contributed by atoms with van der Waals surface area (Å²) in [5, 5.41) is 5.49. The van der Waals surface area contributed by atoms with Crippen LogP contribution in [0.5, 0.6) is 5.75 Å². The smallest absolute Gasteiger partial charge is 0.332 e. The number of fused-ring (bicyclic) bond motifs is 1. The number of methoxy groups -OCH3 is 1. The topological polar surface area (TPSA) is 74.3 Å². The number of hydrogen-bond acceptors (Lipinski definition) is 5. The second kappa shape index (κ2) is 15.0. The first-order chi connectivity index (χ1) is 26.5. The summed E-state index contributed by atoms with van der Waals surface area (Å²) in [6.07, 6.45) is 0. The predicted octanol–water partition coefficient (Wildman–Crippen LogP) is 8.67. The number of para-hydroxylation sites is 1. The van der Waals surface area contributed by atoms with Gasteiger partial charge in [-0.05, 0) is 63.2 Å². The van der Waals surface area contributed by atoms with Gasteiger partial charge in [0.1, 0.15) is 17.0 Å². The van der Waals surface area contributed by atoms with E-state index in [1.54, 1.807) is 11.7 Å². The van der Waals surface area contributed by atoms with Gasteiger partial charge < -0.3 is 9.64 Å². The fraction of sp³-hybridized carbons (Fsp3) is 0.109. The summed E-state index contributed by atoms with van der Waals surface area (Å²) >= 11 is 0. The average molecular weight is 710 g/mol. The minimum absolute atomic E-state index is 0.224. The van der Waals surface area contributed by atoms with Crippen LogP contribution >= 0.6 is 0 Å². The van der Waals surface area contributed by atoms with E-state index in [4.69, 9.17) is 9.84 Å². The first kappa shape index (κ1) is 34.2. The summed E-state index contributed by atoms with van der Waals surface area (Å²) in [4.78, 5) is 30.4. The van der Waals surface area contributed by atoms with E-state index in [0.717, 1.165) is 50.4 Å². The van der Waals surface area contributed by atoms with E-state index in [1.165, 1.54) is 11.6 Å². The van der Waals surface area contributed by atoms with Crippen LogP contribution < -0.4 is 20.9 Å². The molecule has 0 unspecified atom stereocenters. The molecule has 0 spiro atoms. The Labute approximate surface area is 313 Å². The Hall–Kier alpha value is -6.93. The van der Waals surface area contributed by atoms with Crippen LogP contribution in [0.25, 0.3) is 33.3 Å². The molecule has 8 rings (SSSR count). The minimum Gasteiger partial charge on any atom is -0.497 e. The number of benzene rings is 6. The second-order valence-corrected chi connectivity index (χ2v) is 13.3. The fourth-order valence-electron chi connectivity index (χ4n) is 6.91. The van der Waals surface area contributed by atoms with Gasteiger partial charge in [-0.1, -0.05) is 140 Å². The summed E-state index contributed by atoms with van der Waals surface area (Å²) in [6.45, 7) is 1.05. The van der Waals surface area contributed by atoms with Gasteiger partial charge in [-0.25, -0.2) is 9.48 Å². The maximum absolute atomic E-state index is 14.4. The number of rotatable bonds is 11. The van der Waals surface area contributed by atoms with Crippen molar-refractivity contribution in [2.24, 2.45) is 7.05 Å². The lowest BCUT2D eigenvalue weighted by Gasteiger charge is -2.26. The third kappa shape index (κ3) is 6.85. The van der Waals surface area contributed by atoms with Gasteiger partial charge in [0.25, 0.3) is 5.56 Å². The Kier molecular flexibility index (Phi) is 9.47. The van der Waals surface area contributed by atoms with E-state index in [-0.39, 0.29) is 6.54 Å². The first-order valence-corrected chi connectivity index (χ1v) is 17.9. The molecule has 0 amide bonds. The summed E-state index contributed by atoms with van der Waals surface area (Å²) in [7, 11) is 3.16. The average Bonchev–Trinajstić information content (AvgIpc) is 3.60. The second-order valence-electron chi connectivity index (χ2n) is 13.3. The molecule has 266 valence electrons. The summed E-state index contributed by atoms with van der Waals surface area (Å²) in [5.41, 5.74) is 7.82. The molecule has 0 aliphatic rings. The number of ether oxygens (including phenoxy) is 1. The van der Waals surface area contributed by atoms with Crippen LogP contribution in [0.3, 0.4) is 0 Å². The molecule has 0 bridgehead atoms. The molecule has 0 aliphatic heterocycles. The van der Waals surface area contributed by atoms with Gasteiger partial charge in [-0.2, -0.15) is 5.10 Å². The maximum Gasteiger partial charge on any atom is 0.332 e. The van der Waals surface area contributed by atoms with E-state index in [0.29, 0.717) is 29.9 Å². The molecule has 6 aromatic carbocycles. The van der Waals surface area contributed by atoms with Gasteiger partial charge in [-0.15, -0.1) is 0 Å². The van der Waals surface area contributed by atoms with Crippen LogP contribution in [0.2, 0.25) is 0 Å². The number of anilines is 2. The Bertz CT molecular complexity index is 2630. The SMILES string of the molecule is COc1ccc(Cn2c(=O)n(C)c(=O)c3c(N(Cc4ccc(-c5ccccc5)cc4)c4ccccc4)n(Cc4ccc(-c5ccccc5)cc4)nc32)cc1. The van der Waals surface area contributed by atoms with Gasteiger partial charge in [0.2, 0.25) is 0 Å². The van der Waals surface area contributed by atoms with Crippen LogP contribution in [0.15, 0.2) is 173 Å². The highest BCUT2D eigenvalue weighted by Crippen LogP contribution is 2.34. The molecule has 0 N–H and O–H groups in total. The van der Waals surface area contributed by atoms with E-state index in [2.05, 4.69) is 77.7 Å². The van der Waals surface area contributed by atoms with Crippen LogP contribution in [-0.2, 0) is 26.7 Å². The molecular weight excluding hydrogens is 671 g/mol. The van der Waals surface area contributed by atoms with Crippen molar-refractivity contribution in [3.63, 3.8) is 0 Å². The summed E-state index contributed by atoms with van der Waals surface area (Å²) < 4.78 is 10.0. The molecule has 8 nitrogen and oxygen atoms in total. The van der Waals surface area contributed by atoms with Crippen molar-refractivity contribution >= 4 is 22.5 Å². The zero-order chi connectivity index (χ0) is 37.0. The molecular formula is C46H39N5O3. The molecule has 54 heavy (non-hydrogen) atoms. The van der Waals surface area contributed by atoms with Gasteiger partial charge in [0.15, 0.2) is 5.65 Å². The van der Waals surface area contributed by atoms with Gasteiger partial charge >= 0.3 is 5.69 Å². The molecule has 2 heterocycles. The van der Waals surface area contributed by atoms with Crippen molar-refractivity contribution in [1.82, 2.24) is 18.9 Å². The molecule has 0 fully saturated rings. The summed E-state index contributed by atoms with van der Waals surface area (Å²) in [5.74, 6) is 1.33. The molecule has 0 atom stereocenters. The number of nitrogens with zero attached hydrogens (tertiary/aromatic N) is 5. The van der Waals surface area contributed by atoms with Crippen molar-refractivity contribution < 1.29 is 4.74 Å². The molecule has 0 radical (unpaired) electrons. The quantitative estimate of drug-likeness (QED) is 0.134. The zero-order valence-corrected chi connectivity index (χ0v) is 30.2. The van der Waals surface area contributed by atoms with Crippen LogP contribution in [0.1, 0.15) is 16.7 Å². The Morgan fingerprint density at radius 3 is 1.61 bits per heavy atom. The standard InChI is InChI=1S/C46H39N5O3/c1-48-45(52)42-43(50(46(48)53)31-34-22-28-41(54-2)29-23-34)47-51(32-35-20-26-39(27-21-35)37-14-8-4-9-15-37)44(42)49(40-16-10-5-11-17-40)30-33-18-24-38(25-19-33)36-12-6-3-7-13-36/h3-29H,30-32H2,1-2H3. The van der Waals surface area contributed by atoms with Gasteiger partial charge in [0, 0.05) is 19.3 Å². The predicted molar refractivity (Wildman–Crippen MR) is 216 cm³/mol. The maximum atomic E-state index is 14.4. The largest absolute Gasteiger partial charge is 0.497 e. The highest BCUT2D eigenvalue weighted by Gasteiger charge is 2.27. The first-order valence-electron chi connectivity index (χ1n) is 17.9. The third-order valence-electron chi connectivity index (χ3n) is 9.82. The number of hydrogen-bond donors (Lipinski definition) is 0. The molecule has 2 aromatic heterocycles. The third-order valence-corrected chi connectivity index (χ3v) is 9.82. The lowest BCUT2D eigenvalue weighted by atomic mass is 10.0. The van der Waals surface area contributed by atoms with Crippen LogP contribution in [0, 0.1) is 0 Å². The van der Waals surface area contributed by atoms with Crippen LogP contribution in [0.4, 0.5) is 11.5 Å². The lowest BCUT2D eigenvalue weighted by Crippen LogP contribution is -2.38. The molecule has 0 aliphatic carbocycles.